The fraction of sp³-hybridized carbons (Fsp3) is 0.125. The maximum Gasteiger partial charge on any atom is 1.00 e. The molecule has 9 nitrogen and oxygen atoms in total. The van der Waals surface area contributed by atoms with Crippen molar-refractivity contribution >= 4 is 33.1 Å². The number of carbonyl (C=O) groups is 2. The molecular formula is C16H13NaO9S2. The van der Waals surface area contributed by atoms with Gasteiger partial charge in [0.15, 0.2) is 0 Å². The molecule has 144 valence electrons. The quantitative estimate of drug-likeness (QED) is 0.224. The number of esters is 2. The molecule has 1 unspecified atom stereocenters. The summed E-state index contributed by atoms with van der Waals surface area (Å²) in [6.07, 6.45) is 0. The zero-order valence-corrected chi connectivity index (χ0v) is 18.7. The summed E-state index contributed by atoms with van der Waals surface area (Å²) >= 11 is -2.47. The van der Waals surface area contributed by atoms with Crippen molar-refractivity contribution in [3.63, 3.8) is 0 Å². The van der Waals surface area contributed by atoms with E-state index in [0.717, 1.165) is 56.7 Å². The van der Waals surface area contributed by atoms with E-state index >= 15 is 0 Å². The summed E-state index contributed by atoms with van der Waals surface area (Å²) in [7, 11) is -2.25. The molecule has 0 aliphatic carbocycles. The van der Waals surface area contributed by atoms with E-state index in [9.17, 15) is 26.8 Å². The van der Waals surface area contributed by atoms with Crippen molar-refractivity contribution in [1.82, 2.24) is 0 Å². The van der Waals surface area contributed by atoms with Crippen LogP contribution < -0.4 is 33.7 Å². The molecule has 28 heavy (non-hydrogen) atoms. The number of rotatable bonds is 6. The third-order valence-electron chi connectivity index (χ3n) is 3.26. The summed E-state index contributed by atoms with van der Waals surface area (Å²) in [4.78, 5) is 23.0. The summed E-state index contributed by atoms with van der Waals surface area (Å²) in [6, 6.07) is 7.68. The monoisotopic (exact) mass is 436 g/mol. The van der Waals surface area contributed by atoms with Gasteiger partial charge in [0, 0.05) is 4.90 Å². The molecule has 0 radical (unpaired) electrons. The fourth-order valence-electron chi connectivity index (χ4n) is 2.00. The van der Waals surface area contributed by atoms with Crippen LogP contribution in [-0.4, -0.2) is 43.3 Å². The van der Waals surface area contributed by atoms with Crippen LogP contribution in [0.2, 0.25) is 0 Å². The minimum Gasteiger partial charge on any atom is -0.768 e. The van der Waals surface area contributed by atoms with Crippen molar-refractivity contribution in [2.24, 2.45) is 0 Å². The molecule has 0 N–H and O–H groups in total. The van der Waals surface area contributed by atoms with Crippen molar-refractivity contribution in [1.29, 1.82) is 0 Å². The number of hydrogen-bond acceptors (Lipinski definition) is 9. The number of ether oxygens (including phenoxy) is 2. The zero-order valence-electron chi connectivity index (χ0n) is 15.0. The Balaban J connectivity index is 0.00000392. The van der Waals surface area contributed by atoms with Crippen LogP contribution in [0, 0.1) is 0 Å². The molecule has 2 rings (SSSR count). The second-order valence-corrected chi connectivity index (χ2v) is 7.46. The fourth-order valence-corrected chi connectivity index (χ4v) is 3.36. The Hall–Kier alpha value is -1.76. The van der Waals surface area contributed by atoms with Crippen LogP contribution in [-0.2, 0) is 30.7 Å². The van der Waals surface area contributed by atoms with Crippen molar-refractivity contribution in [2.45, 2.75) is 9.79 Å². The SMILES string of the molecule is COC(=O)c1cc(C(=O)OC)cc(S(=O)(=O)Oc2ccc(S(=O)[O-])cc2)c1.[Na+]. The van der Waals surface area contributed by atoms with E-state index in [2.05, 4.69) is 9.47 Å². The number of methoxy groups -OCH3 is 2. The molecule has 0 heterocycles. The molecule has 0 aromatic heterocycles. The van der Waals surface area contributed by atoms with E-state index in [4.69, 9.17) is 4.18 Å². The first-order valence-electron chi connectivity index (χ1n) is 7.13. The molecule has 0 saturated heterocycles. The van der Waals surface area contributed by atoms with E-state index in [1.54, 1.807) is 0 Å². The van der Waals surface area contributed by atoms with Gasteiger partial charge < -0.3 is 18.2 Å². The molecule has 0 bridgehead atoms. The van der Waals surface area contributed by atoms with Crippen molar-refractivity contribution in [3.8, 4) is 5.75 Å². The molecule has 0 aliphatic rings. The number of benzene rings is 2. The van der Waals surface area contributed by atoms with Crippen molar-refractivity contribution in [2.75, 3.05) is 14.2 Å². The number of carbonyl (C=O) groups excluding carboxylic acids is 2. The van der Waals surface area contributed by atoms with Gasteiger partial charge in [-0.3, -0.25) is 4.21 Å². The zero-order chi connectivity index (χ0) is 20.2. The minimum absolute atomic E-state index is 0. The van der Waals surface area contributed by atoms with E-state index in [1.165, 1.54) is 0 Å². The first kappa shape index (κ1) is 24.3. The predicted molar refractivity (Wildman–Crippen MR) is 90.6 cm³/mol. The van der Waals surface area contributed by atoms with E-state index < -0.39 is 38.0 Å². The van der Waals surface area contributed by atoms with E-state index in [0.29, 0.717) is 0 Å². The second kappa shape index (κ2) is 10.1. The van der Waals surface area contributed by atoms with Crippen LogP contribution in [0.15, 0.2) is 52.3 Å². The maximum atomic E-state index is 12.5. The van der Waals surface area contributed by atoms with Crippen molar-refractivity contribution in [3.05, 3.63) is 53.6 Å². The molecule has 1 atom stereocenters. The van der Waals surface area contributed by atoms with Crippen LogP contribution in [0.3, 0.4) is 0 Å². The summed E-state index contributed by atoms with van der Waals surface area (Å²) in [6.45, 7) is 0. The summed E-state index contributed by atoms with van der Waals surface area (Å²) in [5.41, 5.74) is -0.389. The minimum atomic E-state index is -4.44. The average Bonchev–Trinajstić information content (AvgIpc) is 2.66. The van der Waals surface area contributed by atoms with Gasteiger partial charge in [-0.25, -0.2) is 9.59 Å². The molecule has 0 aliphatic heterocycles. The molecule has 2 aromatic rings. The Bertz CT molecular complexity index is 967. The predicted octanol–water partition coefficient (Wildman–Crippen LogP) is -1.73. The smallest absolute Gasteiger partial charge is 0.768 e. The Morgan fingerprint density at radius 1 is 0.929 bits per heavy atom. The van der Waals surface area contributed by atoms with Crippen molar-refractivity contribution < 1.29 is 70.0 Å². The topological polar surface area (TPSA) is 136 Å². The maximum absolute atomic E-state index is 12.5. The van der Waals surface area contributed by atoms with Gasteiger partial charge in [0.05, 0.1) is 25.3 Å². The molecule has 0 saturated carbocycles. The van der Waals surface area contributed by atoms with Gasteiger partial charge >= 0.3 is 51.6 Å². The van der Waals surface area contributed by atoms with Crippen LogP contribution in [0.5, 0.6) is 5.75 Å². The van der Waals surface area contributed by atoms with Crippen LogP contribution in [0.4, 0.5) is 0 Å². The largest absolute Gasteiger partial charge is 1.00 e. The Morgan fingerprint density at radius 3 is 1.79 bits per heavy atom. The van der Waals surface area contributed by atoms with Gasteiger partial charge in [-0.15, -0.1) is 0 Å². The van der Waals surface area contributed by atoms with Crippen LogP contribution in [0.1, 0.15) is 20.7 Å². The number of hydrogen-bond donors (Lipinski definition) is 0. The molecule has 0 spiro atoms. The molecular weight excluding hydrogens is 423 g/mol. The van der Waals surface area contributed by atoms with Gasteiger partial charge in [0.2, 0.25) is 0 Å². The molecule has 2 aromatic carbocycles. The third-order valence-corrected chi connectivity index (χ3v) is 5.14. The van der Waals surface area contributed by atoms with Gasteiger partial charge in [0.1, 0.15) is 10.6 Å². The first-order chi connectivity index (χ1) is 12.7. The van der Waals surface area contributed by atoms with E-state index in [-0.39, 0.29) is 51.3 Å². The Labute approximate surface area is 185 Å². The van der Waals surface area contributed by atoms with Gasteiger partial charge in [0.25, 0.3) is 0 Å². The molecule has 12 heteroatoms. The standard InChI is InChI=1S/C16H14O9S2.Na/c1-23-15(17)10-7-11(16(18)24-2)9-14(8-10)27(21,22)25-12-3-5-13(6-4-12)26(19)20;/h3-9H,1-2H3,(H,19,20);/q;+1/p-1. The van der Waals surface area contributed by atoms with E-state index in [1.807, 2.05) is 0 Å². The summed E-state index contributed by atoms with van der Waals surface area (Å²) < 4.78 is 60.7. The van der Waals surface area contributed by atoms with Gasteiger partial charge in [-0.05, 0) is 53.5 Å². The molecule has 0 fully saturated rings. The summed E-state index contributed by atoms with van der Waals surface area (Å²) in [5.74, 6) is -1.88. The van der Waals surface area contributed by atoms with Crippen LogP contribution >= 0.6 is 0 Å². The average molecular weight is 436 g/mol. The second-order valence-electron chi connectivity index (χ2n) is 4.97. The van der Waals surface area contributed by atoms with Gasteiger partial charge in [-0.1, -0.05) is 0 Å². The Kier molecular flexibility index (Phi) is 8.79. The normalized spacial score (nSPS) is 11.7. The molecule has 0 amide bonds. The first-order valence-corrected chi connectivity index (χ1v) is 9.62. The summed E-state index contributed by atoms with van der Waals surface area (Å²) in [5, 5.41) is 0. The third kappa shape index (κ3) is 5.87. The Morgan fingerprint density at radius 2 is 1.39 bits per heavy atom. The van der Waals surface area contributed by atoms with Crippen LogP contribution in [0.25, 0.3) is 0 Å². The van der Waals surface area contributed by atoms with Gasteiger partial charge in [-0.2, -0.15) is 8.42 Å².